The van der Waals surface area contributed by atoms with Crippen LogP contribution in [0.3, 0.4) is 0 Å². The van der Waals surface area contributed by atoms with Gasteiger partial charge in [-0.2, -0.15) is 0 Å². The predicted octanol–water partition coefficient (Wildman–Crippen LogP) is 0.800. The van der Waals surface area contributed by atoms with Gasteiger partial charge in [0.2, 0.25) is 0 Å². The molecule has 1 N–H and O–H groups in total. The van der Waals surface area contributed by atoms with Gasteiger partial charge in [0.05, 0.1) is 32.0 Å². The molecule has 0 aromatic carbocycles. The number of carbonyl (C=O) groups is 1. The molecule has 0 saturated heterocycles. The zero-order valence-corrected chi connectivity index (χ0v) is 11.6. The molecule has 1 saturated carbocycles. The Balaban J connectivity index is 2.30. The molecule has 0 radical (unpaired) electrons. The van der Waals surface area contributed by atoms with Gasteiger partial charge in [0.15, 0.2) is 0 Å². The minimum atomic E-state index is -0.553. The van der Waals surface area contributed by atoms with Crippen LogP contribution < -0.4 is 0 Å². The van der Waals surface area contributed by atoms with E-state index >= 15 is 0 Å². The first-order valence-corrected chi connectivity index (χ1v) is 6.72. The molecule has 1 unspecified atom stereocenters. The summed E-state index contributed by atoms with van der Waals surface area (Å²) < 4.78 is 10.3. The minimum absolute atomic E-state index is 0.110. The molecule has 0 aliphatic heterocycles. The van der Waals surface area contributed by atoms with E-state index in [2.05, 4.69) is 0 Å². The molecule has 0 aromatic rings. The summed E-state index contributed by atoms with van der Waals surface area (Å²) in [5.74, 6) is -0.221. The fourth-order valence-electron chi connectivity index (χ4n) is 1.78. The molecular formula is C13H25NO4. The van der Waals surface area contributed by atoms with Crippen molar-refractivity contribution >= 4 is 5.97 Å². The van der Waals surface area contributed by atoms with Gasteiger partial charge in [0.25, 0.3) is 0 Å². The van der Waals surface area contributed by atoms with Crippen molar-refractivity contribution < 1.29 is 19.4 Å². The second kappa shape index (κ2) is 7.71. The number of aliphatic hydroxyl groups is 1. The largest absolute Gasteiger partial charge is 0.465 e. The molecule has 1 fully saturated rings. The van der Waals surface area contributed by atoms with E-state index in [1.165, 1.54) is 0 Å². The van der Waals surface area contributed by atoms with E-state index in [0.29, 0.717) is 25.8 Å². The smallest absolute Gasteiger partial charge is 0.320 e. The van der Waals surface area contributed by atoms with Gasteiger partial charge < -0.3 is 14.6 Å². The van der Waals surface area contributed by atoms with Crippen molar-refractivity contribution in [1.82, 2.24) is 4.90 Å². The van der Waals surface area contributed by atoms with Crippen molar-refractivity contribution in [2.24, 2.45) is 0 Å². The molecule has 0 spiro atoms. The molecule has 1 atom stereocenters. The van der Waals surface area contributed by atoms with Gasteiger partial charge in [-0.05, 0) is 33.6 Å². The van der Waals surface area contributed by atoms with Crippen LogP contribution in [-0.2, 0) is 14.3 Å². The van der Waals surface area contributed by atoms with Crippen molar-refractivity contribution in [2.45, 2.75) is 51.9 Å². The Morgan fingerprint density at radius 2 is 2.11 bits per heavy atom. The van der Waals surface area contributed by atoms with E-state index in [-0.39, 0.29) is 18.6 Å². The summed E-state index contributed by atoms with van der Waals surface area (Å²) >= 11 is 0. The highest BCUT2D eigenvalue weighted by Gasteiger charge is 2.31. The first kappa shape index (κ1) is 15.4. The number of aliphatic hydroxyl groups excluding tert-OH is 1. The molecule has 0 amide bonds. The van der Waals surface area contributed by atoms with Gasteiger partial charge >= 0.3 is 5.97 Å². The lowest BCUT2D eigenvalue weighted by atomic mass is 10.3. The lowest BCUT2D eigenvalue weighted by molar-refractivity contribution is -0.145. The van der Waals surface area contributed by atoms with E-state index in [1.54, 1.807) is 6.92 Å². The quantitative estimate of drug-likeness (QED) is 0.621. The highest BCUT2D eigenvalue weighted by atomic mass is 16.5. The highest BCUT2D eigenvalue weighted by molar-refractivity contribution is 5.71. The number of carbonyl (C=O) groups excluding carboxylic acids is 1. The molecular weight excluding hydrogens is 234 g/mol. The lowest BCUT2D eigenvalue weighted by Gasteiger charge is -2.24. The Morgan fingerprint density at radius 3 is 2.61 bits per heavy atom. The van der Waals surface area contributed by atoms with Crippen molar-refractivity contribution in [3.8, 4) is 0 Å². The Hall–Kier alpha value is -0.650. The van der Waals surface area contributed by atoms with Gasteiger partial charge in [-0.3, -0.25) is 9.69 Å². The van der Waals surface area contributed by atoms with Gasteiger partial charge in [-0.1, -0.05) is 0 Å². The predicted molar refractivity (Wildman–Crippen MR) is 68.3 cm³/mol. The third-order valence-electron chi connectivity index (χ3n) is 2.77. The Labute approximate surface area is 109 Å². The Bertz CT molecular complexity index is 253. The fraction of sp³-hybridized carbons (Fsp3) is 0.923. The van der Waals surface area contributed by atoms with Crippen molar-refractivity contribution in [3.05, 3.63) is 0 Å². The Kier molecular flexibility index (Phi) is 6.60. The molecule has 106 valence electrons. The number of hydrogen-bond acceptors (Lipinski definition) is 5. The van der Waals surface area contributed by atoms with Crippen LogP contribution in [0.5, 0.6) is 0 Å². The molecule has 0 aromatic heterocycles. The number of hydrogen-bond donors (Lipinski definition) is 1. The lowest BCUT2D eigenvalue weighted by Crippen LogP contribution is -2.40. The average molecular weight is 259 g/mol. The molecule has 5 nitrogen and oxygen atoms in total. The van der Waals surface area contributed by atoms with Crippen LogP contribution in [0, 0.1) is 0 Å². The van der Waals surface area contributed by atoms with Gasteiger partial charge in [-0.15, -0.1) is 0 Å². The monoisotopic (exact) mass is 259 g/mol. The van der Waals surface area contributed by atoms with Gasteiger partial charge in [-0.25, -0.2) is 0 Å². The molecule has 18 heavy (non-hydrogen) atoms. The van der Waals surface area contributed by atoms with Crippen molar-refractivity contribution in [3.63, 3.8) is 0 Å². The fourth-order valence-corrected chi connectivity index (χ4v) is 1.78. The van der Waals surface area contributed by atoms with E-state index in [9.17, 15) is 9.90 Å². The zero-order valence-electron chi connectivity index (χ0n) is 11.6. The molecule has 1 aliphatic carbocycles. The topological polar surface area (TPSA) is 59.0 Å². The maximum absolute atomic E-state index is 11.5. The third kappa shape index (κ3) is 6.33. The molecule has 5 heteroatoms. The normalized spacial score (nSPS) is 17.2. The van der Waals surface area contributed by atoms with E-state index in [4.69, 9.17) is 9.47 Å². The van der Waals surface area contributed by atoms with Crippen LogP contribution in [0.4, 0.5) is 0 Å². The summed E-state index contributed by atoms with van der Waals surface area (Å²) in [5, 5.41) is 9.87. The average Bonchev–Trinajstić information content (AvgIpc) is 3.09. The van der Waals surface area contributed by atoms with E-state index in [0.717, 1.165) is 12.8 Å². The van der Waals surface area contributed by atoms with Crippen LogP contribution in [0.25, 0.3) is 0 Å². The summed E-state index contributed by atoms with van der Waals surface area (Å²) in [6.45, 7) is 7.10. The maximum atomic E-state index is 11.5. The van der Waals surface area contributed by atoms with Crippen LogP contribution in [0.2, 0.25) is 0 Å². The second-order valence-electron chi connectivity index (χ2n) is 5.00. The van der Waals surface area contributed by atoms with Crippen LogP contribution >= 0.6 is 0 Å². The van der Waals surface area contributed by atoms with Gasteiger partial charge in [0.1, 0.15) is 0 Å². The summed E-state index contributed by atoms with van der Waals surface area (Å²) in [6.07, 6.45) is 1.75. The molecule has 0 bridgehead atoms. The first-order chi connectivity index (χ1) is 8.52. The van der Waals surface area contributed by atoms with Crippen LogP contribution in [0.1, 0.15) is 33.6 Å². The van der Waals surface area contributed by atoms with Gasteiger partial charge in [0, 0.05) is 12.6 Å². The first-order valence-electron chi connectivity index (χ1n) is 6.72. The number of ether oxygens (including phenoxy) is 2. The number of esters is 1. The minimum Gasteiger partial charge on any atom is -0.465 e. The number of rotatable bonds is 9. The molecule has 1 aliphatic rings. The highest BCUT2D eigenvalue weighted by Crippen LogP contribution is 2.26. The SMILES string of the molecule is CCOC(=O)CN(CC(O)COC(C)C)C1CC1. The second-order valence-corrected chi connectivity index (χ2v) is 5.00. The standard InChI is InChI=1S/C13H25NO4/c1-4-17-13(16)8-14(11-5-6-11)7-12(15)9-18-10(2)3/h10-12,15H,4-9H2,1-3H3. The summed E-state index contributed by atoms with van der Waals surface area (Å²) in [6, 6.07) is 0.420. The maximum Gasteiger partial charge on any atom is 0.320 e. The van der Waals surface area contributed by atoms with Crippen molar-refractivity contribution in [2.75, 3.05) is 26.3 Å². The van der Waals surface area contributed by atoms with Crippen LogP contribution in [0.15, 0.2) is 0 Å². The zero-order chi connectivity index (χ0) is 13.5. The number of nitrogens with zero attached hydrogens (tertiary/aromatic N) is 1. The van der Waals surface area contributed by atoms with E-state index in [1.807, 2.05) is 18.7 Å². The van der Waals surface area contributed by atoms with Crippen LogP contribution in [-0.4, -0.2) is 60.5 Å². The summed E-state index contributed by atoms with van der Waals surface area (Å²) in [5.41, 5.74) is 0. The Morgan fingerprint density at radius 1 is 1.44 bits per heavy atom. The summed E-state index contributed by atoms with van der Waals surface area (Å²) in [7, 11) is 0. The van der Waals surface area contributed by atoms with Crippen molar-refractivity contribution in [1.29, 1.82) is 0 Å². The summed E-state index contributed by atoms with van der Waals surface area (Å²) in [4.78, 5) is 13.4. The molecule has 0 heterocycles. The third-order valence-corrected chi connectivity index (χ3v) is 2.77. The molecule has 1 rings (SSSR count). The van der Waals surface area contributed by atoms with E-state index < -0.39 is 6.10 Å².